The predicted octanol–water partition coefficient (Wildman–Crippen LogP) is 6.67. The van der Waals surface area contributed by atoms with Crippen molar-refractivity contribution in [1.82, 2.24) is 0 Å². The van der Waals surface area contributed by atoms with E-state index in [1.54, 1.807) is 0 Å². The molecule has 4 nitrogen and oxygen atoms in total. The van der Waals surface area contributed by atoms with E-state index in [0.717, 1.165) is 5.76 Å². The van der Waals surface area contributed by atoms with Crippen LogP contribution in [-0.4, -0.2) is 35.8 Å². The summed E-state index contributed by atoms with van der Waals surface area (Å²) in [4.78, 5) is 11.9. The van der Waals surface area contributed by atoms with E-state index in [9.17, 15) is 4.79 Å². The smallest absolute Gasteiger partial charge is 0.306 e. The van der Waals surface area contributed by atoms with Crippen molar-refractivity contribution >= 4 is 22.6 Å². The minimum Gasteiger partial charge on any atom is -0.546 e. The van der Waals surface area contributed by atoms with Gasteiger partial charge in [0, 0.05) is 11.8 Å². The number of carbonyl (C=O) groups is 1. The molecule has 0 N–H and O–H groups in total. The maximum absolute atomic E-state index is 11.9. The SMILES string of the molecule is COC(=O)C[C@H]1C=C[C@@H](O[Si](C)(C)C(C)(C)C)[C@H](C)C(O[Si](C)(C)C(C)(C)C)=C1. The number of hydrogen-bond acceptors (Lipinski definition) is 4. The van der Waals surface area contributed by atoms with Crippen molar-refractivity contribution in [2.45, 2.75) is 97.3 Å². The van der Waals surface area contributed by atoms with Gasteiger partial charge in [-0.2, -0.15) is 0 Å². The van der Waals surface area contributed by atoms with E-state index in [4.69, 9.17) is 13.6 Å². The van der Waals surface area contributed by atoms with Gasteiger partial charge >= 0.3 is 5.97 Å². The van der Waals surface area contributed by atoms with Gasteiger partial charge in [0.05, 0.1) is 25.4 Å². The summed E-state index contributed by atoms with van der Waals surface area (Å²) in [6.07, 6.45) is 6.60. The summed E-state index contributed by atoms with van der Waals surface area (Å²) < 4.78 is 18.4. The summed E-state index contributed by atoms with van der Waals surface area (Å²) in [7, 11) is -2.54. The third-order valence-corrected chi connectivity index (χ3v) is 15.7. The first-order valence-electron chi connectivity index (χ1n) is 10.7. The van der Waals surface area contributed by atoms with Crippen molar-refractivity contribution in [3.63, 3.8) is 0 Å². The Labute approximate surface area is 181 Å². The van der Waals surface area contributed by atoms with Gasteiger partial charge in [0.25, 0.3) is 0 Å². The topological polar surface area (TPSA) is 44.8 Å². The molecule has 0 fully saturated rings. The zero-order valence-corrected chi connectivity index (χ0v) is 22.8. The van der Waals surface area contributed by atoms with E-state index in [1.165, 1.54) is 7.11 Å². The van der Waals surface area contributed by atoms with E-state index >= 15 is 0 Å². The van der Waals surface area contributed by atoms with E-state index in [0.29, 0.717) is 6.42 Å². The molecule has 1 aliphatic rings. The van der Waals surface area contributed by atoms with Gasteiger partial charge in [-0.3, -0.25) is 4.79 Å². The molecule has 29 heavy (non-hydrogen) atoms. The molecule has 0 amide bonds. The van der Waals surface area contributed by atoms with E-state index in [-0.39, 0.29) is 34.0 Å². The molecule has 1 rings (SSSR count). The highest BCUT2D eigenvalue weighted by atomic mass is 28.4. The molecule has 0 unspecified atom stereocenters. The van der Waals surface area contributed by atoms with Crippen molar-refractivity contribution in [3.05, 3.63) is 24.0 Å². The summed E-state index contributed by atoms with van der Waals surface area (Å²) in [5, 5.41) is 0.226. The van der Waals surface area contributed by atoms with Gasteiger partial charge in [0.15, 0.2) is 8.32 Å². The van der Waals surface area contributed by atoms with Gasteiger partial charge in [-0.1, -0.05) is 60.6 Å². The molecule has 0 radical (unpaired) electrons. The largest absolute Gasteiger partial charge is 0.546 e. The average Bonchev–Trinajstić information content (AvgIpc) is 2.66. The second-order valence-corrected chi connectivity index (χ2v) is 20.9. The van der Waals surface area contributed by atoms with Crippen molar-refractivity contribution < 1.29 is 18.4 Å². The molecule has 0 aromatic heterocycles. The number of ether oxygens (including phenoxy) is 1. The van der Waals surface area contributed by atoms with Gasteiger partial charge < -0.3 is 13.6 Å². The highest BCUT2D eigenvalue weighted by Gasteiger charge is 2.43. The Hall–Kier alpha value is -0.856. The fourth-order valence-electron chi connectivity index (χ4n) is 2.63. The van der Waals surface area contributed by atoms with E-state index in [2.05, 4.69) is 92.9 Å². The van der Waals surface area contributed by atoms with E-state index in [1.807, 2.05) is 0 Å². The van der Waals surface area contributed by atoms with E-state index < -0.39 is 16.6 Å². The first-order valence-corrected chi connectivity index (χ1v) is 16.6. The Morgan fingerprint density at radius 2 is 1.48 bits per heavy atom. The lowest BCUT2D eigenvalue weighted by Gasteiger charge is -2.42. The Morgan fingerprint density at radius 1 is 0.966 bits per heavy atom. The molecule has 0 saturated carbocycles. The van der Waals surface area contributed by atoms with Gasteiger partial charge in [-0.05, 0) is 42.3 Å². The summed E-state index contributed by atoms with van der Waals surface area (Å²) in [5.41, 5.74) is 0. The maximum Gasteiger partial charge on any atom is 0.306 e. The molecular weight excluding hydrogens is 396 g/mol. The lowest BCUT2D eigenvalue weighted by molar-refractivity contribution is -0.141. The zero-order chi connectivity index (χ0) is 22.8. The van der Waals surface area contributed by atoms with Gasteiger partial charge in [-0.25, -0.2) is 0 Å². The highest BCUT2D eigenvalue weighted by Crippen LogP contribution is 2.42. The fourth-order valence-corrected chi connectivity index (χ4v) is 5.10. The summed E-state index contributed by atoms with van der Waals surface area (Å²) in [5.74, 6) is 0.799. The lowest BCUT2D eigenvalue weighted by atomic mass is 10.0. The molecule has 0 aromatic rings. The second-order valence-electron chi connectivity index (χ2n) is 11.4. The highest BCUT2D eigenvalue weighted by molar-refractivity contribution is 6.74. The number of methoxy groups -OCH3 is 1. The predicted molar refractivity (Wildman–Crippen MR) is 127 cm³/mol. The Kier molecular flexibility index (Phi) is 8.22. The number of hydrogen-bond donors (Lipinski definition) is 0. The average molecular weight is 441 g/mol. The Bertz CT molecular complexity index is 636. The van der Waals surface area contributed by atoms with Crippen LogP contribution < -0.4 is 0 Å². The second kappa shape index (κ2) is 9.10. The third kappa shape index (κ3) is 6.82. The lowest BCUT2D eigenvalue weighted by Crippen LogP contribution is -2.46. The quantitative estimate of drug-likeness (QED) is 0.263. The first-order chi connectivity index (χ1) is 12.9. The molecule has 3 atom stereocenters. The number of esters is 1. The molecular formula is C23H44O4Si2. The molecule has 0 heterocycles. The van der Waals surface area contributed by atoms with Crippen LogP contribution in [0, 0.1) is 11.8 Å². The Morgan fingerprint density at radius 3 is 1.93 bits per heavy atom. The van der Waals surface area contributed by atoms with Crippen LogP contribution >= 0.6 is 0 Å². The minimum absolute atomic E-state index is 0.0438. The van der Waals surface area contributed by atoms with Crippen molar-refractivity contribution in [2.24, 2.45) is 11.8 Å². The zero-order valence-electron chi connectivity index (χ0n) is 20.8. The Balaban J connectivity index is 3.29. The maximum atomic E-state index is 11.9. The molecule has 0 aliphatic heterocycles. The molecule has 0 bridgehead atoms. The molecule has 6 heteroatoms. The van der Waals surface area contributed by atoms with Crippen LogP contribution in [-0.2, 0) is 18.4 Å². The molecule has 0 aromatic carbocycles. The molecule has 1 aliphatic carbocycles. The molecule has 0 spiro atoms. The van der Waals surface area contributed by atoms with Crippen LogP contribution in [0.25, 0.3) is 0 Å². The summed E-state index contributed by atoms with van der Waals surface area (Å²) in [6.45, 7) is 24.8. The number of rotatable bonds is 6. The number of carbonyl (C=O) groups excluding carboxylic acids is 1. The normalized spacial score (nSPS) is 24.0. The third-order valence-electron chi connectivity index (χ3n) is 6.91. The van der Waals surface area contributed by atoms with Gasteiger partial charge in [-0.15, -0.1) is 0 Å². The summed E-state index contributed by atoms with van der Waals surface area (Å²) in [6, 6.07) is 0. The minimum atomic E-state index is -2.02. The van der Waals surface area contributed by atoms with Crippen LogP contribution in [0.2, 0.25) is 36.3 Å². The van der Waals surface area contributed by atoms with Crippen LogP contribution in [0.4, 0.5) is 0 Å². The van der Waals surface area contributed by atoms with Crippen molar-refractivity contribution in [3.8, 4) is 0 Å². The molecule has 0 saturated heterocycles. The fraction of sp³-hybridized carbons (Fsp3) is 0.783. The van der Waals surface area contributed by atoms with Crippen LogP contribution in [0.3, 0.4) is 0 Å². The van der Waals surface area contributed by atoms with Gasteiger partial charge in [0.1, 0.15) is 0 Å². The van der Waals surface area contributed by atoms with Crippen LogP contribution in [0.1, 0.15) is 54.9 Å². The number of allylic oxidation sites excluding steroid dienone is 2. The van der Waals surface area contributed by atoms with Crippen LogP contribution in [0.15, 0.2) is 24.0 Å². The van der Waals surface area contributed by atoms with Gasteiger partial charge in [0.2, 0.25) is 8.32 Å². The summed E-state index contributed by atoms with van der Waals surface area (Å²) >= 11 is 0. The van der Waals surface area contributed by atoms with Crippen molar-refractivity contribution in [2.75, 3.05) is 7.11 Å². The van der Waals surface area contributed by atoms with Crippen molar-refractivity contribution in [1.29, 1.82) is 0 Å². The standard InChI is InChI=1S/C23H44O4Si2/c1-17-19(26-28(9,10)22(2,3)4)14-13-18(16-21(24)25-8)15-20(17)27-29(11,12)23(5,6)7/h13-15,17-19H,16H2,1-12H3/t17-,18-,19+/m0/s1. The monoisotopic (exact) mass is 440 g/mol. The van der Waals surface area contributed by atoms with Crippen LogP contribution in [0.5, 0.6) is 0 Å². The first kappa shape index (κ1) is 26.2. The molecule has 168 valence electrons.